The number of hydrogen-bond donors (Lipinski definition) is 2. The Labute approximate surface area is 148 Å². The van der Waals surface area contributed by atoms with Crippen LogP contribution in [0.25, 0.3) is 0 Å². The zero-order chi connectivity index (χ0) is 17.5. The second kappa shape index (κ2) is 8.35. The number of rotatable bonds is 5. The first kappa shape index (κ1) is 17.8. The topological polar surface area (TPSA) is 76.7 Å². The molecule has 126 valence electrons. The minimum atomic E-state index is -0.734. The van der Waals surface area contributed by atoms with Crippen LogP contribution in [-0.4, -0.2) is 26.0 Å². The standard InChI is InChI=1S/C17H17BrN2O4/c1-23-14-8-7-11(9-15(14)24-2)10-19-16(21)17(22)20-13-6-4-3-5-12(13)18/h3-9H,10H2,1-2H3,(H,19,21)(H,20,22). The van der Waals surface area contributed by atoms with Gasteiger partial charge >= 0.3 is 11.8 Å². The smallest absolute Gasteiger partial charge is 0.313 e. The average Bonchev–Trinajstić information content (AvgIpc) is 2.61. The number of amides is 2. The Morgan fingerprint density at radius 2 is 1.71 bits per heavy atom. The van der Waals surface area contributed by atoms with Gasteiger partial charge in [-0.3, -0.25) is 9.59 Å². The van der Waals surface area contributed by atoms with Crippen molar-refractivity contribution in [3.8, 4) is 11.5 Å². The number of anilines is 1. The second-order valence-electron chi connectivity index (χ2n) is 4.81. The van der Waals surface area contributed by atoms with Crippen LogP contribution >= 0.6 is 15.9 Å². The maximum Gasteiger partial charge on any atom is 0.313 e. The third-order valence-electron chi connectivity index (χ3n) is 3.23. The minimum absolute atomic E-state index is 0.197. The maximum atomic E-state index is 11.9. The van der Waals surface area contributed by atoms with Crippen molar-refractivity contribution in [3.05, 3.63) is 52.5 Å². The van der Waals surface area contributed by atoms with E-state index in [9.17, 15) is 9.59 Å². The zero-order valence-corrected chi connectivity index (χ0v) is 14.8. The van der Waals surface area contributed by atoms with Crippen LogP contribution in [-0.2, 0) is 16.1 Å². The Morgan fingerprint density at radius 1 is 1.00 bits per heavy atom. The summed E-state index contributed by atoms with van der Waals surface area (Å²) in [5.41, 5.74) is 1.32. The van der Waals surface area contributed by atoms with Crippen LogP contribution < -0.4 is 20.1 Å². The first-order valence-corrected chi connectivity index (χ1v) is 7.89. The summed E-state index contributed by atoms with van der Waals surface area (Å²) in [6.45, 7) is 0.197. The van der Waals surface area contributed by atoms with Crippen molar-refractivity contribution in [2.75, 3.05) is 19.5 Å². The van der Waals surface area contributed by atoms with E-state index in [0.29, 0.717) is 21.7 Å². The van der Waals surface area contributed by atoms with Crippen LogP contribution in [0, 0.1) is 0 Å². The number of benzene rings is 2. The van der Waals surface area contributed by atoms with E-state index in [-0.39, 0.29) is 6.54 Å². The molecule has 0 aliphatic rings. The van der Waals surface area contributed by atoms with E-state index in [2.05, 4.69) is 26.6 Å². The average molecular weight is 393 g/mol. The van der Waals surface area contributed by atoms with E-state index in [0.717, 1.165) is 5.56 Å². The van der Waals surface area contributed by atoms with Crippen LogP contribution in [0.4, 0.5) is 5.69 Å². The normalized spacial score (nSPS) is 9.96. The molecule has 0 aromatic heterocycles. The Hall–Kier alpha value is -2.54. The van der Waals surface area contributed by atoms with Crippen molar-refractivity contribution in [1.29, 1.82) is 0 Å². The van der Waals surface area contributed by atoms with Gasteiger partial charge in [-0.25, -0.2) is 0 Å². The van der Waals surface area contributed by atoms with Crippen molar-refractivity contribution in [2.24, 2.45) is 0 Å². The summed E-state index contributed by atoms with van der Waals surface area (Å²) >= 11 is 3.31. The van der Waals surface area contributed by atoms with E-state index in [4.69, 9.17) is 9.47 Å². The maximum absolute atomic E-state index is 11.9. The SMILES string of the molecule is COc1ccc(CNC(=O)C(=O)Nc2ccccc2Br)cc1OC. The number of hydrogen-bond acceptors (Lipinski definition) is 4. The third kappa shape index (κ3) is 4.48. The molecule has 0 bridgehead atoms. The molecule has 0 saturated carbocycles. The van der Waals surface area contributed by atoms with Crippen molar-refractivity contribution < 1.29 is 19.1 Å². The van der Waals surface area contributed by atoms with E-state index in [1.54, 1.807) is 43.5 Å². The number of halogens is 1. The van der Waals surface area contributed by atoms with E-state index < -0.39 is 11.8 Å². The summed E-state index contributed by atoms with van der Waals surface area (Å²) in [4.78, 5) is 23.8. The predicted octanol–water partition coefficient (Wildman–Crippen LogP) is 2.72. The van der Waals surface area contributed by atoms with Crippen molar-refractivity contribution in [3.63, 3.8) is 0 Å². The molecule has 2 aromatic carbocycles. The van der Waals surface area contributed by atoms with Crippen LogP contribution in [0.15, 0.2) is 46.9 Å². The second-order valence-corrected chi connectivity index (χ2v) is 5.66. The molecule has 0 atom stereocenters. The Balaban J connectivity index is 1.95. The van der Waals surface area contributed by atoms with Gasteiger partial charge in [-0.1, -0.05) is 18.2 Å². The first-order chi connectivity index (χ1) is 11.5. The fourth-order valence-corrected chi connectivity index (χ4v) is 2.38. The quantitative estimate of drug-likeness (QED) is 0.766. The highest BCUT2D eigenvalue weighted by molar-refractivity contribution is 9.10. The molecule has 0 unspecified atom stereocenters. The van der Waals surface area contributed by atoms with Gasteiger partial charge in [-0.05, 0) is 45.8 Å². The fraction of sp³-hybridized carbons (Fsp3) is 0.176. The zero-order valence-electron chi connectivity index (χ0n) is 13.3. The van der Waals surface area contributed by atoms with E-state index in [1.807, 2.05) is 6.07 Å². The predicted molar refractivity (Wildman–Crippen MR) is 94.2 cm³/mol. The van der Waals surface area contributed by atoms with E-state index >= 15 is 0 Å². The van der Waals surface area contributed by atoms with Crippen molar-refractivity contribution in [1.82, 2.24) is 5.32 Å². The lowest BCUT2D eigenvalue weighted by molar-refractivity contribution is -0.136. The Morgan fingerprint density at radius 3 is 2.38 bits per heavy atom. The molecule has 0 aliphatic heterocycles. The first-order valence-electron chi connectivity index (χ1n) is 7.09. The van der Waals surface area contributed by atoms with Crippen molar-refractivity contribution >= 4 is 33.4 Å². The number of carbonyl (C=O) groups is 2. The van der Waals surface area contributed by atoms with Crippen molar-refractivity contribution in [2.45, 2.75) is 6.54 Å². The van der Waals surface area contributed by atoms with E-state index in [1.165, 1.54) is 7.11 Å². The Bertz CT molecular complexity index is 749. The highest BCUT2D eigenvalue weighted by Crippen LogP contribution is 2.27. The summed E-state index contributed by atoms with van der Waals surface area (Å²) < 4.78 is 11.1. The molecular formula is C17H17BrN2O4. The van der Waals surface area contributed by atoms with Crippen LogP contribution in [0.3, 0.4) is 0 Å². The lowest BCUT2D eigenvalue weighted by atomic mass is 10.2. The molecule has 24 heavy (non-hydrogen) atoms. The summed E-state index contributed by atoms with van der Waals surface area (Å²) in [5, 5.41) is 5.11. The molecule has 2 N–H and O–H groups in total. The van der Waals surface area contributed by atoms with Gasteiger partial charge in [0.25, 0.3) is 0 Å². The number of nitrogens with one attached hydrogen (secondary N) is 2. The number of para-hydroxylation sites is 1. The lowest BCUT2D eigenvalue weighted by Crippen LogP contribution is -2.35. The summed E-state index contributed by atoms with van der Waals surface area (Å²) in [7, 11) is 3.08. The van der Waals surface area contributed by atoms with Gasteiger partial charge in [0.15, 0.2) is 11.5 Å². The number of ether oxygens (including phenoxy) is 2. The molecule has 0 radical (unpaired) electrons. The molecule has 0 spiro atoms. The number of methoxy groups -OCH3 is 2. The largest absolute Gasteiger partial charge is 0.493 e. The van der Waals surface area contributed by atoms with Gasteiger partial charge in [0.05, 0.1) is 19.9 Å². The molecule has 0 heterocycles. The van der Waals surface area contributed by atoms with Gasteiger partial charge in [-0.2, -0.15) is 0 Å². The van der Waals surface area contributed by atoms with Gasteiger partial charge < -0.3 is 20.1 Å². The van der Waals surface area contributed by atoms with Gasteiger partial charge in [0.1, 0.15) is 0 Å². The third-order valence-corrected chi connectivity index (χ3v) is 3.92. The molecule has 0 fully saturated rings. The monoisotopic (exact) mass is 392 g/mol. The molecule has 2 aromatic rings. The molecule has 6 nitrogen and oxygen atoms in total. The molecule has 0 aliphatic carbocycles. The van der Waals surface area contributed by atoms with Gasteiger partial charge in [0.2, 0.25) is 0 Å². The summed E-state index contributed by atoms with van der Waals surface area (Å²) in [5.74, 6) is -0.302. The number of carbonyl (C=O) groups excluding carboxylic acids is 2. The molecule has 2 rings (SSSR count). The highest BCUT2D eigenvalue weighted by atomic mass is 79.9. The Kier molecular flexibility index (Phi) is 6.20. The molecule has 2 amide bonds. The lowest BCUT2D eigenvalue weighted by Gasteiger charge is -2.11. The highest BCUT2D eigenvalue weighted by Gasteiger charge is 2.15. The molecule has 7 heteroatoms. The van der Waals surface area contributed by atoms with Crippen LogP contribution in [0.2, 0.25) is 0 Å². The van der Waals surface area contributed by atoms with Gasteiger partial charge in [0, 0.05) is 11.0 Å². The molecule has 0 saturated heterocycles. The minimum Gasteiger partial charge on any atom is -0.493 e. The van der Waals surface area contributed by atoms with Gasteiger partial charge in [-0.15, -0.1) is 0 Å². The fourth-order valence-electron chi connectivity index (χ4n) is 1.99. The summed E-state index contributed by atoms with van der Waals surface area (Å²) in [6, 6.07) is 12.3. The summed E-state index contributed by atoms with van der Waals surface area (Å²) in [6.07, 6.45) is 0. The van der Waals surface area contributed by atoms with Crippen LogP contribution in [0.1, 0.15) is 5.56 Å². The molecular weight excluding hydrogens is 376 g/mol. The van der Waals surface area contributed by atoms with Crippen LogP contribution in [0.5, 0.6) is 11.5 Å².